The summed E-state index contributed by atoms with van der Waals surface area (Å²) in [5.41, 5.74) is 2.54. The van der Waals surface area contributed by atoms with Crippen LogP contribution in [0.3, 0.4) is 0 Å². The highest BCUT2D eigenvalue weighted by Crippen LogP contribution is 2.27. The van der Waals surface area contributed by atoms with Gasteiger partial charge in [0, 0.05) is 13.0 Å². The predicted molar refractivity (Wildman–Crippen MR) is 84.3 cm³/mol. The van der Waals surface area contributed by atoms with E-state index in [1.54, 1.807) is 4.90 Å². The fourth-order valence-electron chi connectivity index (χ4n) is 2.49. The van der Waals surface area contributed by atoms with Crippen molar-refractivity contribution >= 4 is 17.7 Å². The van der Waals surface area contributed by atoms with E-state index >= 15 is 0 Å². The lowest BCUT2D eigenvalue weighted by atomic mass is 10.1. The van der Waals surface area contributed by atoms with Gasteiger partial charge in [-0.25, -0.2) is 9.78 Å². The molecular formula is C16H16ClN3O3. The number of carbonyl (C=O) groups is 1. The van der Waals surface area contributed by atoms with E-state index in [1.807, 2.05) is 30.3 Å². The molecule has 7 heteroatoms. The van der Waals surface area contributed by atoms with E-state index in [2.05, 4.69) is 9.97 Å². The Bertz CT molecular complexity index is 692. The Hall–Kier alpha value is -2.34. The van der Waals surface area contributed by atoms with Crippen LogP contribution < -0.4 is 4.74 Å². The minimum Gasteiger partial charge on any atom is -0.481 e. The zero-order valence-corrected chi connectivity index (χ0v) is 13.4. The summed E-state index contributed by atoms with van der Waals surface area (Å²) in [7, 11) is 1.52. The summed E-state index contributed by atoms with van der Waals surface area (Å²) in [6.45, 7) is 1.12. The van der Waals surface area contributed by atoms with Gasteiger partial charge < -0.3 is 14.4 Å². The van der Waals surface area contributed by atoms with E-state index < -0.39 is 0 Å². The topological polar surface area (TPSA) is 64.6 Å². The first-order valence-corrected chi connectivity index (χ1v) is 7.60. The van der Waals surface area contributed by atoms with Gasteiger partial charge in [-0.1, -0.05) is 30.3 Å². The lowest BCUT2D eigenvalue weighted by Gasteiger charge is -2.28. The van der Waals surface area contributed by atoms with Crippen molar-refractivity contribution in [1.82, 2.24) is 14.9 Å². The molecule has 6 nitrogen and oxygen atoms in total. The molecule has 0 spiro atoms. The third-order valence-electron chi connectivity index (χ3n) is 3.65. The van der Waals surface area contributed by atoms with Gasteiger partial charge >= 0.3 is 6.09 Å². The Morgan fingerprint density at radius 2 is 2.09 bits per heavy atom. The molecule has 0 atom stereocenters. The quantitative estimate of drug-likeness (QED) is 0.808. The molecule has 0 N–H and O–H groups in total. The van der Waals surface area contributed by atoms with Crippen LogP contribution in [-0.2, 0) is 24.3 Å². The number of carbonyl (C=O) groups excluding carboxylic acids is 1. The minimum atomic E-state index is -0.364. The van der Waals surface area contributed by atoms with Crippen molar-refractivity contribution in [2.24, 2.45) is 0 Å². The van der Waals surface area contributed by atoms with Crippen LogP contribution in [0.4, 0.5) is 4.79 Å². The van der Waals surface area contributed by atoms with Gasteiger partial charge in [-0.05, 0) is 17.2 Å². The second-order valence-electron chi connectivity index (χ2n) is 5.14. The summed E-state index contributed by atoms with van der Waals surface area (Å²) in [5.74, 6) is 0.403. The molecule has 1 aromatic carbocycles. The van der Waals surface area contributed by atoms with Crippen molar-refractivity contribution < 1.29 is 14.3 Å². The lowest BCUT2D eigenvalue weighted by Crippen LogP contribution is -2.37. The molecule has 120 valence electrons. The first-order chi connectivity index (χ1) is 11.2. The highest BCUT2D eigenvalue weighted by atomic mass is 35.5. The van der Waals surface area contributed by atoms with Crippen LogP contribution in [0.5, 0.6) is 5.88 Å². The number of methoxy groups -OCH3 is 1. The number of fused-ring (bicyclic) bond motifs is 1. The van der Waals surface area contributed by atoms with E-state index in [-0.39, 0.29) is 18.0 Å². The SMILES string of the molecule is COc1nc(Cl)nc2c1CN(C(=O)OCc1ccccc1)CC2. The molecule has 3 rings (SSSR count). The van der Waals surface area contributed by atoms with Crippen molar-refractivity contribution in [2.45, 2.75) is 19.6 Å². The van der Waals surface area contributed by atoms with Gasteiger partial charge in [0.1, 0.15) is 6.61 Å². The molecule has 23 heavy (non-hydrogen) atoms. The van der Waals surface area contributed by atoms with Crippen molar-refractivity contribution in [3.63, 3.8) is 0 Å². The first kappa shape index (κ1) is 15.6. The van der Waals surface area contributed by atoms with E-state index in [0.717, 1.165) is 16.8 Å². The maximum absolute atomic E-state index is 12.2. The highest BCUT2D eigenvalue weighted by Gasteiger charge is 2.26. The summed E-state index contributed by atoms with van der Waals surface area (Å²) < 4.78 is 10.6. The molecule has 0 aliphatic carbocycles. The third-order valence-corrected chi connectivity index (χ3v) is 3.82. The Kier molecular flexibility index (Phi) is 4.62. The molecule has 1 amide bonds. The number of nitrogens with zero attached hydrogens (tertiary/aromatic N) is 3. The van der Waals surface area contributed by atoms with Crippen molar-refractivity contribution in [1.29, 1.82) is 0 Å². The molecule has 0 radical (unpaired) electrons. The summed E-state index contributed by atoms with van der Waals surface area (Å²) in [6.07, 6.45) is 0.227. The second kappa shape index (κ2) is 6.83. The maximum atomic E-state index is 12.2. The van der Waals surface area contributed by atoms with Crippen LogP contribution in [0.15, 0.2) is 30.3 Å². The van der Waals surface area contributed by atoms with Crippen molar-refractivity contribution in [2.75, 3.05) is 13.7 Å². The number of hydrogen-bond acceptors (Lipinski definition) is 5. The molecule has 0 bridgehead atoms. The van der Waals surface area contributed by atoms with Crippen molar-refractivity contribution in [3.8, 4) is 5.88 Å². The Morgan fingerprint density at radius 1 is 1.30 bits per heavy atom. The highest BCUT2D eigenvalue weighted by molar-refractivity contribution is 6.28. The van der Waals surface area contributed by atoms with Gasteiger partial charge in [0.15, 0.2) is 0 Å². The number of ether oxygens (including phenoxy) is 2. The van der Waals surface area contributed by atoms with Gasteiger partial charge in [-0.15, -0.1) is 0 Å². The van der Waals surface area contributed by atoms with Crippen LogP contribution in [0.1, 0.15) is 16.8 Å². The van der Waals surface area contributed by atoms with E-state index in [9.17, 15) is 4.79 Å². The molecule has 1 aliphatic heterocycles. The molecule has 2 aromatic rings. The summed E-state index contributed by atoms with van der Waals surface area (Å²) in [4.78, 5) is 22.1. The predicted octanol–water partition coefficient (Wildman–Crippen LogP) is 2.83. The number of hydrogen-bond donors (Lipinski definition) is 0. The lowest BCUT2D eigenvalue weighted by molar-refractivity contribution is 0.0911. The standard InChI is InChI=1S/C16H16ClN3O3/c1-22-14-12-9-20(8-7-13(12)18-15(17)19-14)16(21)23-10-11-5-3-2-4-6-11/h2-6H,7-10H2,1H3. The summed E-state index contributed by atoms with van der Waals surface area (Å²) in [5, 5.41) is 0.153. The molecule has 0 saturated heterocycles. The number of rotatable bonds is 3. The molecule has 0 fully saturated rings. The Balaban J connectivity index is 1.68. The van der Waals surface area contributed by atoms with Gasteiger partial charge in [-0.3, -0.25) is 0 Å². The average Bonchev–Trinajstić information content (AvgIpc) is 2.59. The second-order valence-corrected chi connectivity index (χ2v) is 5.48. The van der Waals surface area contributed by atoms with Crippen LogP contribution in [0.25, 0.3) is 0 Å². The minimum absolute atomic E-state index is 0.153. The number of halogens is 1. The Morgan fingerprint density at radius 3 is 2.83 bits per heavy atom. The zero-order valence-electron chi connectivity index (χ0n) is 12.7. The maximum Gasteiger partial charge on any atom is 0.410 e. The van der Waals surface area contributed by atoms with Crippen LogP contribution in [0, 0.1) is 0 Å². The van der Waals surface area contributed by atoms with Crippen LogP contribution >= 0.6 is 11.6 Å². The van der Waals surface area contributed by atoms with E-state index in [0.29, 0.717) is 25.4 Å². The first-order valence-electron chi connectivity index (χ1n) is 7.22. The number of benzene rings is 1. The van der Waals surface area contributed by atoms with Gasteiger partial charge in [-0.2, -0.15) is 4.98 Å². The Labute approximate surface area is 139 Å². The van der Waals surface area contributed by atoms with Crippen molar-refractivity contribution in [3.05, 3.63) is 52.4 Å². The smallest absolute Gasteiger partial charge is 0.410 e. The summed E-state index contributed by atoms with van der Waals surface area (Å²) >= 11 is 5.87. The molecule has 0 unspecified atom stereocenters. The van der Waals surface area contributed by atoms with E-state index in [1.165, 1.54) is 7.11 Å². The van der Waals surface area contributed by atoms with Crippen LogP contribution in [0.2, 0.25) is 5.28 Å². The average molecular weight is 334 g/mol. The normalized spacial score (nSPS) is 13.4. The summed E-state index contributed by atoms with van der Waals surface area (Å²) in [6, 6.07) is 9.57. The van der Waals surface area contributed by atoms with E-state index in [4.69, 9.17) is 21.1 Å². The van der Waals surface area contributed by atoms with Gasteiger partial charge in [0.05, 0.1) is 24.9 Å². The monoisotopic (exact) mass is 333 g/mol. The number of amides is 1. The molecular weight excluding hydrogens is 318 g/mol. The molecule has 0 saturated carbocycles. The fourth-order valence-corrected chi connectivity index (χ4v) is 2.67. The largest absolute Gasteiger partial charge is 0.481 e. The fraction of sp³-hybridized carbons (Fsp3) is 0.312. The number of aromatic nitrogens is 2. The zero-order chi connectivity index (χ0) is 16.2. The molecule has 1 aliphatic rings. The molecule has 2 heterocycles. The third kappa shape index (κ3) is 3.53. The van der Waals surface area contributed by atoms with Gasteiger partial charge in [0.25, 0.3) is 0 Å². The van der Waals surface area contributed by atoms with Gasteiger partial charge in [0.2, 0.25) is 11.2 Å². The van der Waals surface area contributed by atoms with Crippen LogP contribution in [-0.4, -0.2) is 34.6 Å². The molecule has 1 aromatic heterocycles.